The van der Waals surface area contributed by atoms with E-state index in [-0.39, 0.29) is 11.8 Å². The summed E-state index contributed by atoms with van der Waals surface area (Å²) in [6, 6.07) is 0.0746. The van der Waals surface area contributed by atoms with E-state index in [4.69, 9.17) is 0 Å². The number of carbonyl (C=O) groups is 1. The summed E-state index contributed by atoms with van der Waals surface area (Å²) in [7, 11) is 0. The maximum Gasteiger partial charge on any atom is 0.146 e. The van der Waals surface area contributed by atoms with Gasteiger partial charge in [0.25, 0.3) is 0 Å². The molecule has 0 aliphatic carbocycles. The molecule has 0 spiro atoms. The van der Waals surface area contributed by atoms with Crippen LogP contribution in [0.25, 0.3) is 0 Å². The molecule has 0 aromatic carbocycles. The van der Waals surface area contributed by atoms with Crippen LogP contribution in [0.5, 0.6) is 0 Å². The maximum atomic E-state index is 11.7. The van der Waals surface area contributed by atoms with Gasteiger partial charge in [-0.3, -0.25) is 9.69 Å². The van der Waals surface area contributed by atoms with Crippen molar-refractivity contribution < 1.29 is 4.79 Å². The quantitative estimate of drug-likeness (QED) is 0.797. The van der Waals surface area contributed by atoms with Gasteiger partial charge < -0.3 is 0 Å². The summed E-state index contributed by atoms with van der Waals surface area (Å²) < 4.78 is 1.95. The van der Waals surface area contributed by atoms with Crippen LogP contribution in [0, 0.1) is 0 Å². The van der Waals surface area contributed by atoms with Crippen LogP contribution in [0.15, 0.2) is 6.33 Å². The zero-order chi connectivity index (χ0) is 13.0. The maximum absolute atomic E-state index is 11.7. The first-order valence-corrected chi connectivity index (χ1v) is 6.83. The average Bonchev–Trinajstić information content (AvgIpc) is 2.78. The molecule has 0 saturated carbocycles. The van der Waals surface area contributed by atoms with Crippen LogP contribution in [0.2, 0.25) is 0 Å². The zero-order valence-electron chi connectivity index (χ0n) is 11.3. The molecule has 1 aliphatic heterocycles. The second-order valence-electron chi connectivity index (χ2n) is 4.99. The zero-order valence-corrected chi connectivity index (χ0v) is 11.3. The van der Waals surface area contributed by atoms with Crippen molar-refractivity contribution in [1.82, 2.24) is 19.7 Å². The molecule has 1 unspecified atom stereocenters. The highest BCUT2D eigenvalue weighted by molar-refractivity contribution is 5.81. The van der Waals surface area contributed by atoms with Crippen LogP contribution in [0.3, 0.4) is 0 Å². The Morgan fingerprint density at radius 1 is 1.50 bits per heavy atom. The Morgan fingerprint density at radius 3 is 3.06 bits per heavy atom. The van der Waals surface area contributed by atoms with E-state index in [2.05, 4.69) is 21.9 Å². The average molecular weight is 250 g/mol. The summed E-state index contributed by atoms with van der Waals surface area (Å²) in [5.74, 6) is 1.25. The lowest BCUT2D eigenvalue weighted by molar-refractivity contribution is -0.123. The largest absolute Gasteiger partial charge is 0.298 e. The van der Waals surface area contributed by atoms with Gasteiger partial charge in [-0.15, -0.1) is 0 Å². The highest BCUT2D eigenvalue weighted by Gasteiger charge is 2.26. The highest BCUT2D eigenvalue weighted by Crippen LogP contribution is 2.19. The summed E-state index contributed by atoms with van der Waals surface area (Å²) >= 11 is 0. The van der Waals surface area contributed by atoms with Crippen LogP contribution in [0.1, 0.15) is 45.4 Å². The van der Waals surface area contributed by atoms with Crippen LogP contribution in [0.4, 0.5) is 0 Å². The Labute approximate surface area is 108 Å². The van der Waals surface area contributed by atoms with Crippen molar-refractivity contribution in [3.05, 3.63) is 12.2 Å². The molecule has 1 aromatic heterocycles. The number of carbonyl (C=O) groups excluding carboxylic acids is 1. The SMILES string of the molecule is CCCn1ncnc1CN1CCCCC1C(C)=O. The van der Waals surface area contributed by atoms with Gasteiger partial charge in [-0.2, -0.15) is 5.10 Å². The minimum atomic E-state index is 0.0746. The third kappa shape index (κ3) is 2.96. The fourth-order valence-electron chi connectivity index (χ4n) is 2.63. The van der Waals surface area contributed by atoms with E-state index < -0.39 is 0 Å². The third-order valence-electron chi connectivity index (χ3n) is 3.56. The van der Waals surface area contributed by atoms with Gasteiger partial charge in [-0.05, 0) is 32.7 Å². The van der Waals surface area contributed by atoms with Crippen molar-refractivity contribution >= 4 is 5.78 Å². The van der Waals surface area contributed by atoms with Crippen LogP contribution in [-0.2, 0) is 17.9 Å². The van der Waals surface area contributed by atoms with E-state index in [1.54, 1.807) is 13.3 Å². The molecule has 5 nitrogen and oxygen atoms in total. The number of Topliss-reactive ketones (excluding diaryl/α,β-unsaturated/α-hetero) is 1. The predicted molar refractivity (Wildman–Crippen MR) is 69.0 cm³/mol. The fourth-order valence-corrected chi connectivity index (χ4v) is 2.63. The van der Waals surface area contributed by atoms with Crippen molar-refractivity contribution in [3.63, 3.8) is 0 Å². The van der Waals surface area contributed by atoms with E-state index >= 15 is 0 Å². The predicted octanol–water partition coefficient (Wildman–Crippen LogP) is 1.63. The molecule has 1 aliphatic rings. The van der Waals surface area contributed by atoms with E-state index in [1.165, 1.54) is 6.42 Å². The van der Waals surface area contributed by atoms with Gasteiger partial charge in [-0.1, -0.05) is 13.3 Å². The van der Waals surface area contributed by atoms with Crippen LogP contribution < -0.4 is 0 Å². The van der Waals surface area contributed by atoms with Crippen molar-refractivity contribution in [2.24, 2.45) is 0 Å². The van der Waals surface area contributed by atoms with Crippen molar-refractivity contribution in [3.8, 4) is 0 Å². The normalized spacial score (nSPS) is 21.1. The lowest BCUT2D eigenvalue weighted by Crippen LogP contribution is -2.43. The molecule has 0 amide bonds. The first-order valence-electron chi connectivity index (χ1n) is 6.83. The smallest absolute Gasteiger partial charge is 0.146 e. The minimum absolute atomic E-state index is 0.0746. The Balaban J connectivity index is 2.06. The molecule has 0 N–H and O–H groups in total. The first-order chi connectivity index (χ1) is 8.72. The van der Waals surface area contributed by atoms with E-state index in [1.807, 2.05) is 4.68 Å². The molecule has 2 heterocycles. The number of aromatic nitrogens is 3. The van der Waals surface area contributed by atoms with Gasteiger partial charge in [0.15, 0.2) is 0 Å². The number of ketones is 1. The molecule has 5 heteroatoms. The Bertz CT molecular complexity index is 401. The molecule has 1 fully saturated rings. The second-order valence-corrected chi connectivity index (χ2v) is 4.99. The first kappa shape index (κ1) is 13.2. The lowest BCUT2D eigenvalue weighted by Gasteiger charge is -2.33. The van der Waals surface area contributed by atoms with Gasteiger partial charge in [0.05, 0.1) is 12.6 Å². The molecule has 0 bridgehead atoms. The highest BCUT2D eigenvalue weighted by atomic mass is 16.1. The Morgan fingerprint density at radius 2 is 2.33 bits per heavy atom. The molecular formula is C13H22N4O. The summed E-state index contributed by atoms with van der Waals surface area (Å²) in [4.78, 5) is 18.2. The fraction of sp³-hybridized carbons (Fsp3) is 0.769. The van der Waals surface area contributed by atoms with Crippen LogP contribution >= 0.6 is 0 Å². The summed E-state index contributed by atoms with van der Waals surface area (Å²) in [6.45, 7) is 6.45. The van der Waals surface area contributed by atoms with E-state index in [0.717, 1.165) is 44.7 Å². The minimum Gasteiger partial charge on any atom is -0.298 e. The molecule has 100 valence electrons. The number of hydrogen-bond donors (Lipinski definition) is 0. The monoisotopic (exact) mass is 250 g/mol. The number of rotatable bonds is 5. The topological polar surface area (TPSA) is 51.0 Å². The summed E-state index contributed by atoms with van der Waals surface area (Å²) in [5.41, 5.74) is 0. The molecule has 1 saturated heterocycles. The number of nitrogens with zero attached hydrogens (tertiary/aromatic N) is 4. The Kier molecular flexibility index (Phi) is 4.47. The number of hydrogen-bond acceptors (Lipinski definition) is 4. The summed E-state index contributed by atoms with van der Waals surface area (Å²) in [6.07, 6.45) is 5.97. The molecule has 1 aromatic rings. The Hall–Kier alpha value is -1.23. The number of piperidine rings is 1. The van der Waals surface area contributed by atoms with Gasteiger partial charge in [-0.25, -0.2) is 9.67 Å². The van der Waals surface area contributed by atoms with E-state index in [9.17, 15) is 4.79 Å². The van der Waals surface area contributed by atoms with Crippen molar-refractivity contribution in [2.45, 2.75) is 58.7 Å². The van der Waals surface area contributed by atoms with Gasteiger partial charge >= 0.3 is 0 Å². The van der Waals surface area contributed by atoms with Gasteiger partial charge in [0, 0.05) is 6.54 Å². The molecule has 2 rings (SSSR count). The van der Waals surface area contributed by atoms with Crippen molar-refractivity contribution in [2.75, 3.05) is 6.54 Å². The van der Waals surface area contributed by atoms with Crippen molar-refractivity contribution in [1.29, 1.82) is 0 Å². The molecular weight excluding hydrogens is 228 g/mol. The molecule has 18 heavy (non-hydrogen) atoms. The standard InChI is InChI=1S/C13H22N4O/c1-3-7-17-13(14-10-15-17)9-16-8-5-4-6-12(16)11(2)18/h10,12H,3-9H2,1-2H3. The summed E-state index contributed by atoms with van der Waals surface area (Å²) in [5, 5.41) is 4.24. The second kappa shape index (κ2) is 6.09. The molecule has 0 radical (unpaired) electrons. The third-order valence-corrected chi connectivity index (χ3v) is 3.56. The van der Waals surface area contributed by atoms with Gasteiger partial charge in [0.1, 0.15) is 17.9 Å². The lowest BCUT2D eigenvalue weighted by atomic mass is 9.99. The molecule has 1 atom stereocenters. The van der Waals surface area contributed by atoms with Gasteiger partial charge in [0.2, 0.25) is 0 Å². The van der Waals surface area contributed by atoms with E-state index in [0.29, 0.717) is 0 Å². The van der Waals surface area contributed by atoms with Crippen LogP contribution in [-0.4, -0.2) is 38.0 Å². The number of aryl methyl sites for hydroxylation is 1. The number of likely N-dealkylation sites (tertiary alicyclic amines) is 1.